The van der Waals surface area contributed by atoms with E-state index in [0.717, 1.165) is 40.7 Å². The Morgan fingerprint density at radius 3 is 2.40 bits per heavy atom. The second-order valence-electron chi connectivity index (χ2n) is 10.4. The van der Waals surface area contributed by atoms with Crippen molar-refractivity contribution in [3.8, 4) is 11.3 Å². The van der Waals surface area contributed by atoms with E-state index in [1.54, 1.807) is 0 Å². The van der Waals surface area contributed by atoms with E-state index in [2.05, 4.69) is 36.6 Å². The van der Waals surface area contributed by atoms with E-state index in [-0.39, 0.29) is 0 Å². The first kappa shape index (κ1) is 23.3. The van der Waals surface area contributed by atoms with Crippen molar-refractivity contribution < 1.29 is 9.90 Å². The normalized spacial score (nSPS) is 21.7. The fourth-order valence-corrected chi connectivity index (χ4v) is 5.55. The van der Waals surface area contributed by atoms with Gasteiger partial charge in [0.25, 0.3) is 0 Å². The Kier molecular flexibility index (Phi) is 6.46. The zero-order chi connectivity index (χ0) is 24.4. The molecule has 3 N–H and O–H groups in total. The number of benzene rings is 2. The van der Waals surface area contributed by atoms with E-state index in [1.807, 2.05) is 48.5 Å². The van der Waals surface area contributed by atoms with Gasteiger partial charge in [-0.2, -0.15) is 4.98 Å². The predicted molar refractivity (Wildman–Crippen MR) is 140 cm³/mol. The Balaban J connectivity index is 1.39. The van der Waals surface area contributed by atoms with Crippen molar-refractivity contribution in [2.24, 2.45) is 11.8 Å². The van der Waals surface area contributed by atoms with Crippen molar-refractivity contribution in [2.45, 2.75) is 63.8 Å². The van der Waals surface area contributed by atoms with E-state index in [0.29, 0.717) is 30.7 Å². The molecule has 0 amide bonds. The Hall–Kier alpha value is -3.41. The molecule has 3 aromatic rings. The van der Waals surface area contributed by atoms with Crippen LogP contribution in [0.3, 0.4) is 0 Å². The van der Waals surface area contributed by atoms with Crippen LogP contribution in [0, 0.1) is 11.8 Å². The Bertz CT molecular complexity index is 1180. The van der Waals surface area contributed by atoms with Crippen LogP contribution in [0.25, 0.3) is 11.3 Å². The molecule has 0 saturated heterocycles. The average molecular weight is 471 g/mol. The lowest BCUT2D eigenvalue weighted by Gasteiger charge is -2.38. The zero-order valence-electron chi connectivity index (χ0n) is 20.5. The van der Waals surface area contributed by atoms with E-state index in [1.165, 1.54) is 19.3 Å². The third-order valence-electron chi connectivity index (χ3n) is 7.92. The fourth-order valence-electron chi connectivity index (χ4n) is 5.55. The van der Waals surface area contributed by atoms with E-state index >= 15 is 0 Å². The number of nitrogens with one attached hydrogen (secondary N) is 2. The minimum absolute atomic E-state index is 0.334. The summed E-state index contributed by atoms with van der Waals surface area (Å²) in [5, 5.41) is 16.7. The van der Waals surface area contributed by atoms with Crippen LogP contribution >= 0.6 is 0 Å². The molecule has 2 aromatic carbocycles. The Labute approximate surface area is 207 Å². The van der Waals surface area contributed by atoms with E-state index in [9.17, 15) is 9.90 Å². The summed E-state index contributed by atoms with van der Waals surface area (Å²) in [6.45, 7) is 4.58. The maximum atomic E-state index is 11.8. The molecular formula is C29H34N4O2. The van der Waals surface area contributed by atoms with Crippen molar-refractivity contribution in [3.63, 3.8) is 0 Å². The number of carboxylic acids is 1. The molecule has 2 aliphatic rings. The van der Waals surface area contributed by atoms with Crippen molar-refractivity contribution in [1.29, 1.82) is 0 Å². The van der Waals surface area contributed by atoms with Crippen molar-refractivity contribution in [1.82, 2.24) is 9.97 Å². The molecule has 0 bridgehead atoms. The molecule has 35 heavy (non-hydrogen) atoms. The molecule has 6 heteroatoms. The fraction of sp³-hybridized carbons (Fsp3) is 0.414. The van der Waals surface area contributed by atoms with Crippen LogP contribution in [0.5, 0.6) is 0 Å². The monoisotopic (exact) mass is 470 g/mol. The molecule has 2 fully saturated rings. The first-order valence-corrected chi connectivity index (χ1v) is 12.7. The highest BCUT2D eigenvalue weighted by Crippen LogP contribution is 2.44. The van der Waals surface area contributed by atoms with Crippen molar-refractivity contribution >= 4 is 23.4 Å². The molecule has 182 valence electrons. The first-order chi connectivity index (χ1) is 16.9. The van der Waals surface area contributed by atoms with E-state index < -0.39 is 11.4 Å². The summed E-state index contributed by atoms with van der Waals surface area (Å²) < 4.78 is 0. The van der Waals surface area contributed by atoms with Gasteiger partial charge in [-0.25, -0.2) is 4.98 Å². The predicted octanol–water partition coefficient (Wildman–Crippen LogP) is 6.63. The van der Waals surface area contributed by atoms with Gasteiger partial charge in [-0.15, -0.1) is 0 Å². The number of hydrogen-bond acceptors (Lipinski definition) is 5. The summed E-state index contributed by atoms with van der Waals surface area (Å²) in [6.07, 6.45) is 6.15. The molecule has 2 aliphatic carbocycles. The van der Waals surface area contributed by atoms with Gasteiger partial charge in [0.15, 0.2) is 0 Å². The molecule has 1 aromatic heterocycles. The molecule has 0 spiro atoms. The summed E-state index contributed by atoms with van der Waals surface area (Å²) in [5.41, 5.74) is 2.86. The standard InChI is InChI=1S/C29H34N4O2/c1-19-9-10-22(17-19)20(2)30-26-18-25(21-7-4-3-5-8-21)32-28(33-26)31-24-13-11-23(12-14-24)29(27(34)35)15-6-16-29/h3-5,7-8,11-14,18-20,22H,6,9-10,15-17H2,1-2H3,(H,34,35)(H2,30,31,32,33). The highest BCUT2D eigenvalue weighted by Gasteiger charge is 2.45. The molecular weight excluding hydrogens is 436 g/mol. The molecule has 5 rings (SSSR count). The maximum absolute atomic E-state index is 11.8. The number of hydrogen-bond donors (Lipinski definition) is 3. The van der Waals surface area contributed by atoms with Crippen LogP contribution in [-0.2, 0) is 10.2 Å². The van der Waals surface area contributed by atoms with Crippen LogP contribution in [-0.4, -0.2) is 27.1 Å². The van der Waals surface area contributed by atoms with Gasteiger partial charge in [0.05, 0.1) is 11.1 Å². The largest absolute Gasteiger partial charge is 0.481 e. The molecule has 0 radical (unpaired) electrons. The van der Waals surface area contributed by atoms with E-state index in [4.69, 9.17) is 9.97 Å². The lowest BCUT2D eigenvalue weighted by atomic mass is 9.64. The first-order valence-electron chi connectivity index (χ1n) is 12.7. The highest BCUT2D eigenvalue weighted by atomic mass is 16.4. The Morgan fingerprint density at radius 1 is 1.06 bits per heavy atom. The van der Waals surface area contributed by atoms with Crippen molar-refractivity contribution in [3.05, 3.63) is 66.2 Å². The third-order valence-corrected chi connectivity index (χ3v) is 7.92. The van der Waals surface area contributed by atoms with Gasteiger partial charge < -0.3 is 15.7 Å². The maximum Gasteiger partial charge on any atom is 0.314 e. The minimum Gasteiger partial charge on any atom is -0.481 e. The number of carbonyl (C=O) groups is 1. The topological polar surface area (TPSA) is 87.1 Å². The van der Waals surface area contributed by atoms with Gasteiger partial charge >= 0.3 is 5.97 Å². The second-order valence-corrected chi connectivity index (χ2v) is 10.4. The average Bonchev–Trinajstić information content (AvgIpc) is 3.26. The molecule has 3 unspecified atom stereocenters. The smallest absolute Gasteiger partial charge is 0.314 e. The van der Waals surface area contributed by atoms with Crippen LogP contribution in [0.15, 0.2) is 60.7 Å². The number of nitrogens with zero attached hydrogens (tertiary/aromatic N) is 2. The summed E-state index contributed by atoms with van der Waals surface area (Å²) >= 11 is 0. The zero-order valence-corrected chi connectivity index (χ0v) is 20.5. The van der Waals surface area contributed by atoms with Gasteiger partial charge in [0.1, 0.15) is 5.82 Å². The van der Waals surface area contributed by atoms with Gasteiger partial charge in [0.2, 0.25) is 5.95 Å². The lowest BCUT2D eigenvalue weighted by Crippen LogP contribution is -2.42. The van der Waals surface area contributed by atoms with Gasteiger partial charge in [-0.05, 0) is 62.1 Å². The van der Waals surface area contributed by atoms with Gasteiger partial charge in [0, 0.05) is 23.4 Å². The second kappa shape index (κ2) is 9.68. The number of carboxylic acid groups (broad SMARTS) is 1. The summed E-state index contributed by atoms with van der Waals surface area (Å²) in [7, 11) is 0. The SMILES string of the molecule is CC1CCC(C(C)Nc2cc(-c3ccccc3)nc(Nc3ccc(C4(C(=O)O)CCC4)cc3)n2)C1. The number of aromatic nitrogens is 2. The molecule has 3 atom stereocenters. The number of rotatable bonds is 8. The quantitative estimate of drug-likeness (QED) is 0.342. The van der Waals surface area contributed by atoms with Crippen LogP contribution in [0.1, 0.15) is 57.9 Å². The summed E-state index contributed by atoms with van der Waals surface area (Å²) in [4.78, 5) is 21.4. The van der Waals surface area contributed by atoms with Crippen LogP contribution in [0.2, 0.25) is 0 Å². The third kappa shape index (κ3) is 4.88. The number of aliphatic carboxylic acids is 1. The lowest BCUT2D eigenvalue weighted by molar-refractivity contribution is -0.147. The van der Waals surface area contributed by atoms with Crippen LogP contribution in [0.4, 0.5) is 17.5 Å². The van der Waals surface area contributed by atoms with Crippen LogP contribution < -0.4 is 10.6 Å². The van der Waals surface area contributed by atoms with Crippen molar-refractivity contribution in [2.75, 3.05) is 10.6 Å². The molecule has 1 heterocycles. The minimum atomic E-state index is -0.732. The molecule has 2 saturated carbocycles. The molecule has 6 nitrogen and oxygen atoms in total. The Morgan fingerprint density at radius 2 is 1.80 bits per heavy atom. The van der Waals surface area contributed by atoms with Gasteiger partial charge in [-0.3, -0.25) is 4.79 Å². The number of anilines is 3. The summed E-state index contributed by atoms with van der Waals surface area (Å²) in [6, 6.07) is 20.2. The molecule has 0 aliphatic heterocycles. The summed E-state index contributed by atoms with van der Waals surface area (Å²) in [5.74, 6) is 2.03. The van der Waals surface area contributed by atoms with Gasteiger partial charge in [-0.1, -0.05) is 62.2 Å². The highest BCUT2D eigenvalue weighted by molar-refractivity contribution is 5.82.